The van der Waals surface area contributed by atoms with Crippen LogP contribution in [-0.4, -0.2) is 15.7 Å². The lowest BCUT2D eigenvalue weighted by atomic mass is 10.1. The Hall–Kier alpha value is -2.99. The Morgan fingerprint density at radius 3 is 2.77 bits per heavy atom. The summed E-state index contributed by atoms with van der Waals surface area (Å²) in [6, 6.07) is 15.6. The van der Waals surface area contributed by atoms with Crippen LogP contribution in [-0.2, 0) is 17.9 Å². The van der Waals surface area contributed by atoms with Gasteiger partial charge in [-0.05, 0) is 42.3 Å². The number of benzene rings is 2. The fraction of sp³-hybridized carbons (Fsp3) is 0.200. The highest BCUT2D eigenvalue weighted by atomic mass is 19.1. The second-order valence-electron chi connectivity index (χ2n) is 6.32. The number of nitrogens with one attached hydrogen (secondary N) is 1. The smallest absolute Gasteiger partial charge is 0.276 e. The number of fused-ring (bicyclic) bond motifs is 1. The van der Waals surface area contributed by atoms with Crippen molar-refractivity contribution >= 4 is 11.6 Å². The van der Waals surface area contributed by atoms with Gasteiger partial charge in [0.05, 0.1) is 18.8 Å². The molecule has 1 aliphatic heterocycles. The average molecular weight is 351 g/mol. The number of carbonyl (C=O) groups excluding carboxylic acids is 1. The van der Waals surface area contributed by atoms with Gasteiger partial charge in [-0.15, -0.1) is 0 Å². The Morgan fingerprint density at radius 1 is 1.23 bits per heavy atom. The SMILES string of the molecule is Cc1ccccc1NC(=O)c1cc2n(n1)C[C@H](c1ccc(F)cc1)OC2. The van der Waals surface area contributed by atoms with Gasteiger partial charge in [-0.25, -0.2) is 4.39 Å². The lowest BCUT2D eigenvalue weighted by molar-refractivity contribution is -0.00122. The Labute approximate surface area is 150 Å². The minimum absolute atomic E-state index is 0.213. The molecule has 0 radical (unpaired) electrons. The van der Waals surface area contributed by atoms with Crippen LogP contribution in [0, 0.1) is 12.7 Å². The molecule has 1 atom stereocenters. The first kappa shape index (κ1) is 16.5. The topological polar surface area (TPSA) is 56.2 Å². The first-order valence-corrected chi connectivity index (χ1v) is 8.41. The monoisotopic (exact) mass is 351 g/mol. The fourth-order valence-electron chi connectivity index (χ4n) is 3.01. The van der Waals surface area contributed by atoms with E-state index in [0.717, 1.165) is 22.5 Å². The molecule has 4 rings (SSSR count). The molecule has 0 unspecified atom stereocenters. The number of hydrogen-bond acceptors (Lipinski definition) is 3. The van der Waals surface area contributed by atoms with Crippen molar-refractivity contribution in [3.63, 3.8) is 0 Å². The third kappa shape index (κ3) is 3.23. The first-order chi connectivity index (χ1) is 12.6. The standard InChI is InChI=1S/C20H18FN3O2/c1-13-4-2-3-5-17(13)22-20(25)18-10-16-12-26-19(11-24(16)23-18)14-6-8-15(21)9-7-14/h2-10,19H,11-12H2,1H3,(H,22,25)/t19-/m1/s1. The van der Waals surface area contributed by atoms with Crippen LogP contribution in [0.2, 0.25) is 0 Å². The molecule has 2 aromatic carbocycles. The van der Waals surface area contributed by atoms with E-state index in [1.54, 1.807) is 22.9 Å². The summed E-state index contributed by atoms with van der Waals surface area (Å²) in [6.45, 7) is 2.78. The number of aryl methyl sites for hydroxylation is 1. The van der Waals surface area contributed by atoms with Crippen molar-refractivity contribution in [1.29, 1.82) is 0 Å². The number of para-hydroxylation sites is 1. The molecule has 1 aliphatic rings. The molecular weight excluding hydrogens is 333 g/mol. The van der Waals surface area contributed by atoms with Crippen LogP contribution in [0.5, 0.6) is 0 Å². The summed E-state index contributed by atoms with van der Waals surface area (Å²) in [4.78, 5) is 12.5. The molecule has 26 heavy (non-hydrogen) atoms. The Morgan fingerprint density at radius 2 is 2.00 bits per heavy atom. The second kappa shape index (κ2) is 6.72. The van der Waals surface area contributed by atoms with Gasteiger partial charge >= 0.3 is 0 Å². The van der Waals surface area contributed by atoms with Crippen molar-refractivity contribution in [2.24, 2.45) is 0 Å². The molecule has 1 N–H and O–H groups in total. The van der Waals surface area contributed by atoms with Gasteiger partial charge in [-0.3, -0.25) is 9.48 Å². The maximum absolute atomic E-state index is 13.1. The van der Waals surface area contributed by atoms with E-state index < -0.39 is 0 Å². The predicted octanol–water partition coefficient (Wildman–Crippen LogP) is 3.85. The summed E-state index contributed by atoms with van der Waals surface area (Å²) in [6.07, 6.45) is -0.213. The number of nitrogens with zero attached hydrogens (tertiary/aromatic N) is 2. The summed E-state index contributed by atoms with van der Waals surface area (Å²) >= 11 is 0. The van der Waals surface area contributed by atoms with Gasteiger partial charge in [0.25, 0.3) is 5.91 Å². The average Bonchev–Trinajstić information content (AvgIpc) is 3.07. The predicted molar refractivity (Wildman–Crippen MR) is 95.3 cm³/mol. The number of hydrogen-bond donors (Lipinski definition) is 1. The molecule has 5 nitrogen and oxygen atoms in total. The zero-order valence-electron chi connectivity index (χ0n) is 14.3. The molecule has 0 spiro atoms. The molecule has 0 fully saturated rings. The third-order valence-electron chi connectivity index (χ3n) is 4.50. The summed E-state index contributed by atoms with van der Waals surface area (Å²) in [5, 5.41) is 7.31. The van der Waals surface area contributed by atoms with Gasteiger partial charge in [0.15, 0.2) is 5.69 Å². The Bertz CT molecular complexity index is 950. The molecule has 2 heterocycles. The number of ether oxygens (including phenoxy) is 1. The summed E-state index contributed by atoms with van der Waals surface area (Å²) in [5.74, 6) is -0.529. The lowest BCUT2D eigenvalue weighted by Gasteiger charge is -2.24. The van der Waals surface area contributed by atoms with E-state index >= 15 is 0 Å². The van der Waals surface area contributed by atoms with E-state index in [1.807, 2.05) is 31.2 Å². The van der Waals surface area contributed by atoms with Crippen LogP contribution in [0.25, 0.3) is 0 Å². The van der Waals surface area contributed by atoms with Gasteiger partial charge in [0.1, 0.15) is 11.9 Å². The third-order valence-corrected chi connectivity index (χ3v) is 4.50. The quantitative estimate of drug-likeness (QED) is 0.780. The second-order valence-corrected chi connectivity index (χ2v) is 6.32. The van der Waals surface area contributed by atoms with Crippen LogP contribution in [0.4, 0.5) is 10.1 Å². The van der Waals surface area contributed by atoms with Crippen molar-refractivity contribution in [3.05, 3.63) is 82.9 Å². The molecule has 0 saturated carbocycles. The van der Waals surface area contributed by atoms with E-state index in [1.165, 1.54) is 12.1 Å². The van der Waals surface area contributed by atoms with E-state index in [0.29, 0.717) is 18.8 Å². The Kier molecular flexibility index (Phi) is 4.26. The van der Waals surface area contributed by atoms with E-state index in [4.69, 9.17) is 4.74 Å². The van der Waals surface area contributed by atoms with E-state index in [9.17, 15) is 9.18 Å². The number of aromatic nitrogens is 2. The van der Waals surface area contributed by atoms with Crippen molar-refractivity contribution in [1.82, 2.24) is 9.78 Å². The van der Waals surface area contributed by atoms with Gasteiger partial charge in [-0.1, -0.05) is 30.3 Å². The van der Waals surface area contributed by atoms with Crippen LogP contribution >= 0.6 is 0 Å². The van der Waals surface area contributed by atoms with Crippen molar-refractivity contribution in [3.8, 4) is 0 Å². The van der Waals surface area contributed by atoms with Crippen LogP contribution in [0.3, 0.4) is 0 Å². The summed E-state index contributed by atoms with van der Waals surface area (Å²) in [5.41, 5.74) is 3.84. The largest absolute Gasteiger partial charge is 0.365 e. The molecule has 1 amide bonds. The molecular formula is C20H18FN3O2. The number of amides is 1. The highest BCUT2D eigenvalue weighted by Gasteiger charge is 2.24. The molecule has 1 aromatic heterocycles. The molecule has 0 saturated heterocycles. The normalized spacial score (nSPS) is 16.2. The van der Waals surface area contributed by atoms with Crippen LogP contribution in [0.1, 0.15) is 33.4 Å². The van der Waals surface area contributed by atoms with Crippen molar-refractivity contribution < 1.29 is 13.9 Å². The van der Waals surface area contributed by atoms with Gasteiger partial charge in [0, 0.05) is 5.69 Å². The maximum atomic E-state index is 13.1. The summed E-state index contributed by atoms with van der Waals surface area (Å²) in [7, 11) is 0. The van der Waals surface area contributed by atoms with Gasteiger partial charge in [-0.2, -0.15) is 5.10 Å². The molecule has 0 bridgehead atoms. The lowest BCUT2D eigenvalue weighted by Crippen LogP contribution is -2.22. The number of rotatable bonds is 3. The fourth-order valence-corrected chi connectivity index (χ4v) is 3.01. The van der Waals surface area contributed by atoms with Gasteiger partial charge < -0.3 is 10.1 Å². The Balaban J connectivity index is 1.51. The highest BCUT2D eigenvalue weighted by molar-refractivity contribution is 6.03. The van der Waals surface area contributed by atoms with Crippen molar-refractivity contribution in [2.45, 2.75) is 26.2 Å². The number of halogens is 1. The number of carbonyl (C=O) groups is 1. The minimum atomic E-state index is -0.278. The molecule has 3 aromatic rings. The zero-order chi connectivity index (χ0) is 18.1. The molecule has 0 aliphatic carbocycles. The zero-order valence-corrected chi connectivity index (χ0v) is 14.3. The van der Waals surface area contributed by atoms with Crippen molar-refractivity contribution in [2.75, 3.05) is 5.32 Å². The van der Waals surface area contributed by atoms with Crippen LogP contribution in [0.15, 0.2) is 54.6 Å². The van der Waals surface area contributed by atoms with Gasteiger partial charge in [0.2, 0.25) is 0 Å². The maximum Gasteiger partial charge on any atom is 0.276 e. The van der Waals surface area contributed by atoms with E-state index in [-0.39, 0.29) is 17.8 Å². The molecule has 132 valence electrons. The summed E-state index contributed by atoms with van der Waals surface area (Å²) < 4.78 is 20.7. The molecule has 6 heteroatoms. The van der Waals surface area contributed by atoms with Crippen LogP contribution < -0.4 is 5.32 Å². The first-order valence-electron chi connectivity index (χ1n) is 8.41. The minimum Gasteiger partial charge on any atom is -0.365 e. The number of anilines is 1. The highest BCUT2D eigenvalue weighted by Crippen LogP contribution is 2.27. The van der Waals surface area contributed by atoms with E-state index in [2.05, 4.69) is 10.4 Å².